The molecule has 19 heavy (non-hydrogen) atoms. The molecule has 0 aromatic rings. The van der Waals surface area contributed by atoms with Crippen LogP contribution in [0.2, 0.25) is 0 Å². The van der Waals surface area contributed by atoms with Crippen molar-refractivity contribution in [1.29, 1.82) is 0 Å². The van der Waals surface area contributed by atoms with Gasteiger partial charge in [-0.15, -0.1) is 0 Å². The molecule has 2 heterocycles. The maximum absolute atomic E-state index is 13.2. The van der Waals surface area contributed by atoms with Crippen molar-refractivity contribution in [2.24, 2.45) is 11.3 Å². The van der Waals surface area contributed by atoms with E-state index < -0.39 is 35.9 Å². The molecule has 2 N–H and O–H groups in total. The Bertz CT molecular complexity index is 391. The zero-order valence-corrected chi connectivity index (χ0v) is 10.2. The molecule has 0 aromatic carbocycles. The summed E-state index contributed by atoms with van der Waals surface area (Å²) in [7, 11) is 0. The second kappa shape index (κ2) is 4.66. The number of nitrogens with one attached hydrogen (secondary N) is 1. The number of aliphatic carboxylic acids is 1. The minimum atomic E-state index is -4.62. The smallest absolute Gasteiger partial charge is 0.404 e. The van der Waals surface area contributed by atoms with Crippen LogP contribution in [0.15, 0.2) is 0 Å². The van der Waals surface area contributed by atoms with Crippen LogP contribution in [-0.2, 0) is 9.59 Å². The molecule has 0 saturated carbocycles. The fraction of sp³-hybridized carbons (Fsp3) is 0.818. The highest BCUT2D eigenvalue weighted by Gasteiger charge is 2.62. The third kappa shape index (κ3) is 2.29. The second-order valence-corrected chi connectivity index (χ2v) is 5.08. The molecule has 0 bridgehead atoms. The molecule has 0 aromatic heterocycles. The molecule has 1 amide bonds. The van der Waals surface area contributed by atoms with Crippen LogP contribution in [0.5, 0.6) is 0 Å². The number of nitrogens with zero attached hydrogens (tertiary/aromatic N) is 1. The van der Waals surface area contributed by atoms with E-state index in [1.165, 1.54) is 0 Å². The summed E-state index contributed by atoms with van der Waals surface area (Å²) < 4.78 is 39.5. The number of carboxylic acids is 1. The van der Waals surface area contributed by atoms with Crippen LogP contribution in [0.3, 0.4) is 0 Å². The summed E-state index contributed by atoms with van der Waals surface area (Å²) in [6, 6.07) is 0. The van der Waals surface area contributed by atoms with Gasteiger partial charge < -0.3 is 15.3 Å². The van der Waals surface area contributed by atoms with Gasteiger partial charge in [0, 0.05) is 19.6 Å². The van der Waals surface area contributed by atoms with E-state index in [-0.39, 0.29) is 32.5 Å². The van der Waals surface area contributed by atoms with Gasteiger partial charge in [0.05, 0.1) is 5.92 Å². The highest BCUT2D eigenvalue weighted by molar-refractivity contribution is 5.85. The largest absolute Gasteiger partial charge is 0.481 e. The molecule has 2 aliphatic heterocycles. The number of carbonyl (C=O) groups is 2. The number of hydrogen-bond acceptors (Lipinski definition) is 3. The Morgan fingerprint density at radius 3 is 2.47 bits per heavy atom. The second-order valence-electron chi connectivity index (χ2n) is 5.08. The average molecular weight is 280 g/mol. The summed E-state index contributed by atoms with van der Waals surface area (Å²) in [5.74, 6) is -2.82. The van der Waals surface area contributed by atoms with E-state index in [9.17, 15) is 22.8 Å². The predicted molar refractivity (Wildman–Crippen MR) is 58.3 cm³/mol. The van der Waals surface area contributed by atoms with E-state index in [1.54, 1.807) is 0 Å². The minimum absolute atomic E-state index is 0.0770. The van der Waals surface area contributed by atoms with Crippen LogP contribution >= 0.6 is 0 Å². The van der Waals surface area contributed by atoms with Gasteiger partial charge in [0.25, 0.3) is 0 Å². The molecule has 2 rings (SSSR count). The van der Waals surface area contributed by atoms with Gasteiger partial charge in [0.2, 0.25) is 5.91 Å². The monoisotopic (exact) mass is 280 g/mol. The number of carbonyl (C=O) groups excluding carboxylic acids is 1. The lowest BCUT2D eigenvalue weighted by molar-refractivity contribution is -0.221. The SMILES string of the molecule is O=C(O)C1CCN(C(=O)C2(C(F)(F)F)CCNC2)C1. The lowest BCUT2D eigenvalue weighted by Crippen LogP contribution is -2.53. The van der Waals surface area contributed by atoms with Crippen LogP contribution in [0.25, 0.3) is 0 Å². The van der Waals surface area contributed by atoms with Gasteiger partial charge in [-0.25, -0.2) is 0 Å². The molecule has 2 atom stereocenters. The van der Waals surface area contributed by atoms with Crippen molar-refractivity contribution in [3.8, 4) is 0 Å². The van der Waals surface area contributed by atoms with Crippen molar-refractivity contribution in [3.05, 3.63) is 0 Å². The molecule has 0 aliphatic carbocycles. The van der Waals surface area contributed by atoms with Crippen molar-refractivity contribution >= 4 is 11.9 Å². The highest BCUT2D eigenvalue weighted by Crippen LogP contribution is 2.45. The number of likely N-dealkylation sites (tertiary alicyclic amines) is 1. The molecular formula is C11H15F3N2O3. The summed E-state index contributed by atoms with van der Waals surface area (Å²) in [5.41, 5.74) is -2.39. The Labute approximate surface area is 107 Å². The van der Waals surface area contributed by atoms with E-state index in [2.05, 4.69) is 5.32 Å². The van der Waals surface area contributed by atoms with Crippen molar-refractivity contribution in [3.63, 3.8) is 0 Å². The Morgan fingerprint density at radius 2 is 2.05 bits per heavy atom. The van der Waals surface area contributed by atoms with Gasteiger partial charge in [0.15, 0.2) is 5.41 Å². The lowest BCUT2D eigenvalue weighted by atomic mass is 9.84. The van der Waals surface area contributed by atoms with Crippen LogP contribution in [0, 0.1) is 11.3 Å². The highest BCUT2D eigenvalue weighted by atomic mass is 19.4. The number of amides is 1. The summed E-state index contributed by atoms with van der Waals surface area (Å²) in [4.78, 5) is 24.0. The topological polar surface area (TPSA) is 69.6 Å². The molecule has 5 nitrogen and oxygen atoms in total. The van der Waals surface area contributed by atoms with E-state index in [4.69, 9.17) is 5.11 Å². The molecule has 0 spiro atoms. The fourth-order valence-corrected chi connectivity index (χ4v) is 2.69. The maximum atomic E-state index is 13.2. The number of alkyl halides is 3. The zero-order valence-electron chi connectivity index (χ0n) is 10.2. The van der Waals surface area contributed by atoms with E-state index in [0.29, 0.717) is 0 Å². The Kier molecular flexibility index (Phi) is 3.46. The first-order valence-electron chi connectivity index (χ1n) is 6.07. The normalized spacial score (nSPS) is 31.7. The average Bonchev–Trinajstić information content (AvgIpc) is 2.97. The zero-order chi connectivity index (χ0) is 14.3. The lowest BCUT2D eigenvalue weighted by Gasteiger charge is -2.33. The summed E-state index contributed by atoms with van der Waals surface area (Å²) >= 11 is 0. The number of rotatable bonds is 2. The van der Waals surface area contributed by atoms with Gasteiger partial charge in [-0.05, 0) is 19.4 Å². The van der Waals surface area contributed by atoms with Gasteiger partial charge in [-0.2, -0.15) is 13.2 Å². The van der Waals surface area contributed by atoms with E-state index in [1.807, 2.05) is 0 Å². The van der Waals surface area contributed by atoms with Crippen molar-refractivity contribution in [1.82, 2.24) is 10.2 Å². The molecule has 2 fully saturated rings. The van der Waals surface area contributed by atoms with Crippen LogP contribution in [0.1, 0.15) is 12.8 Å². The first kappa shape index (κ1) is 14.1. The van der Waals surface area contributed by atoms with Gasteiger partial charge in [0.1, 0.15) is 0 Å². The first-order valence-corrected chi connectivity index (χ1v) is 6.07. The number of halogens is 3. The summed E-state index contributed by atoms with van der Waals surface area (Å²) in [6.45, 7) is -0.343. The summed E-state index contributed by atoms with van der Waals surface area (Å²) in [5, 5.41) is 11.4. The number of carboxylic acid groups (broad SMARTS) is 1. The van der Waals surface area contributed by atoms with Gasteiger partial charge in [-0.1, -0.05) is 0 Å². The van der Waals surface area contributed by atoms with Crippen LogP contribution in [0.4, 0.5) is 13.2 Å². The summed E-state index contributed by atoms with van der Waals surface area (Å²) in [6.07, 6.45) is -4.69. The van der Waals surface area contributed by atoms with Gasteiger partial charge in [-0.3, -0.25) is 9.59 Å². The van der Waals surface area contributed by atoms with Crippen LogP contribution < -0.4 is 5.32 Å². The Balaban J connectivity index is 2.16. The van der Waals surface area contributed by atoms with Crippen molar-refractivity contribution in [2.45, 2.75) is 19.0 Å². The maximum Gasteiger partial charge on any atom is 0.404 e. The van der Waals surface area contributed by atoms with Crippen LogP contribution in [-0.4, -0.2) is 54.2 Å². The van der Waals surface area contributed by atoms with Gasteiger partial charge >= 0.3 is 12.1 Å². The standard InChI is InChI=1S/C11H15F3N2O3/c12-11(13,14)10(2-3-15-6-10)9(19)16-4-1-7(5-16)8(17)18/h7,15H,1-6H2,(H,17,18). The Hall–Kier alpha value is -1.31. The molecule has 2 unspecified atom stereocenters. The molecule has 2 aliphatic rings. The predicted octanol–water partition coefficient (Wildman–Crippen LogP) is 0.461. The van der Waals surface area contributed by atoms with E-state index >= 15 is 0 Å². The van der Waals surface area contributed by atoms with E-state index in [0.717, 1.165) is 4.90 Å². The minimum Gasteiger partial charge on any atom is -0.481 e. The molecule has 2 saturated heterocycles. The molecule has 0 radical (unpaired) electrons. The molecular weight excluding hydrogens is 265 g/mol. The third-order valence-electron chi connectivity index (χ3n) is 3.93. The molecule has 108 valence electrons. The van der Waals surface area contributed by atoms with Crippen molar-refractivity contribution < 1.29 is 27.9 Å². The quantitative estimate of drug-likeness (QED) is 0.771. The Morgan fingerprint density at radius 1 is 1.37 bits per heavy atom. The number of hydrogen-bond donors (Lipinski definition) is 2. The molecule has 8 heteroatoms. The van der Waals surface area contributed by atoms with Crippen molar-refractivity contribution in [2.75, 3.05) is 26.2 Å². The fourth-order valence-electron chi connectivity index (χ4n) is 2.69. The first-order chi connectivity index (χ1) is 8.78. The third-order valence-corrected chi connectivity index (χ3v) is 3.93.